The van der Waals surface area contributed by atoms with Crippen LogP contribution >= 0.6 is 0 Å². The Bertz CT molecular complexity index is 806. The van der Waals surface area contributed by atoms with Gasteiger partial charge in [0.25, 0.3) is 11.8 Å². The fourth-order valence-electron chi connectivity index (χ4n) is 3.25. The van der Waals surface area contributed by atoms with Crippen molar-refractivity contribution in [3.63, 3.8) is 0 Å². The molecule has 0 fully saturated rings. The van der Waals surface area contributed by atoms with Gasteiger partial charge >= 0.3 is 5.97 Å². The summed E-state index contributed by atoms with van der Waals surface area (Å²) in [4.78, 5) is 38.6. The molecule has 0 bridgehead atoms. The molecule has 0 aromatic heterocycles. The highest BCUT2D eigenvalue weighted by Crippen LogP contribution is 2.27. The molecule has 1 atom stereocenters. The number of ether oxygens (including phenoxy) is 1. The van der Waals surface area contributed by atoms with Gasteiger partial charge in [-0.15, -0.1) is 0 Å². The molecule has 0 saturated carbocycles. The third-order valence-electron chi connectivity index (χ3n) is 4.65. The summed E-state index contributed by atoms with van der Waals surface area (Å²) in [6.45, 7) is 2.07. The van der Waals surface area contributed by atoms with E-state index in [-0.39, 0.29) is 18.4 Å². The van der Waals surface area contributed by atoms with Crippen molar-refractivity contribution >= 4 is 17.8 Å². The number of fused-ring (bicyclic) bond motifs is 1. The van der Waals surface area contributed by atoms with Crippen LogP contribution in [0, 0.1) is 0 Å². The van der Waals surface area contributed by atoms with Crippen molar-refractivity contribution in [2.75, 3.05) is 13.7 Å². The lowest BCUT2D eigenvalue weighted by molar-refractivity contribution is -0.142. The maximum absolute atomic E-state index is 12.6. The summed E-state index contributed by atoms with van der Waals surface area (Å²) in [5.41, 5.74) is 2.66. The average molecular weight is 351 g/mol. The largest absolute Gasteiger partial charge is 0.468 e. The minimum atomic E-state index is -0.710. The van der Waals surface area contributed by atoms with Crippen LogP contribution in [0.25, 0.3) is 0 Å². The SMILES string of the molecule is CCCc1ccc(C(CN2C(=O)c3ccccc3C2=O)C(=O)OC)cc1. The Morgan fingerprint density at radius 2 is 1.58 bits per heavy atom. The van der Waals surface area contributed by atoms with Crippen LogP contribution in [-0.4, -0.2) is 36.3 Å². The minimum Gasteiger partial charge on any atom is -0.468 e. The molecule has 1 unspecified atom stereocenters. The predicted octanol–water partition coefficient (Wildman–Crippen LogP) is 3.19. The van der Waals surface area contributed by atoms with E-state index in [1.807, 2.05) is 24.3 Å². The molecule has 0 aliphatic carbocycles. The molecule has 1 aliphatic heterocycles. The van der Waals surface area contributed by atoms with Crippen molar-refractivity contribution in [1.82, 2.24) is 4.90 Å². The molecule has 134 valence electrons. The molecule has 2 amide bonds. The summed E-state index contributed by atoms with van der Waals surface area (Å²) in [6, 6.07) is 14.4. The molecule has 0 radical (unpaired) electrons. The Hall–Kier alpha value is -2.95. The minimum absolute atomic E-state index is 0.0356. The lowest BCUT2D eigenvalue weighted by atomic mass is 9.96. The third-order valence-corrected chi connectivity index (χ3v) is 4.65. The van der Waals surface area contributed by atoms with Crippen molar-refractivity contribution in [2.24, 2.45) is 0 Å². The molecule has 1 heterocycles. The van der Waals surface area contributed by atoms with Crippen LogP contribution in [0.1, 0.15) is 51.1 Å². The summed E-state index contributed by atoms with van der Waals surface area (Å²) in [5, 5.41) is 0. The zero-order valence-electron chi connectivity index (χ0n) is 14.9. The number of hydrogen-bond donors (Lipinski definition) is 0. The van der Waals surface area contributed by atoms with Gasteiger partial charge < -0.3 is 4.74 Å². The number of methoxy groups -OCH3 is 1. The summed E-state index contributed by atoms with van der Waals surface area (Å²) in [6.07, 6.45) is 2.00. The molecule has 26 heavy (non-hydrogen) atoms. The van der Waals surface area contributed by atoms with Crippen molar-refractivity contribution < 1.29 is 19.1 Å². The smallest absolute Gasteiger partial charge is 0.314 e. The first-order valence-electron chi connectivity index (χ1n) is 8.68. The second-order valence-electron chi connectivity index (χ2n) is 6.33. The van der Waals surface area contributed by atoms with Crippen LogP contribution in [0.2, 0.25) is 0 Å². The maximum Gasteiger partial charge on any atom is 0.314 e. The van der Waals surface area contributed by atoms with Gasteiger partial charge in [0.05, 0.1) is 24.2 Å². The van der Waals surface area contributed by atoms with Crippen LogP contribution < -0.4 is 0 Å². The number of aryl methyl sites for hydroxylation is 1. The molecule has 5 nitrogen and oxygen atoms in total. The fourth-order valence-corrected chi connectivity index (χ4v) is 3.25. The number of rotatable bonds is 6. The van der Waals surface area contributed by atoms with Gasteiger partial charge in [-0.05, 0) is 29.7 Å². The van der Waals surface area contributed by atoms with Gasteiger partial charge in [0.1, 0.15) is 0 Å². The van der Waals surface area contributed by atoms with Crippen molar-refractivity contribution in [3.8, 4) is 0 Å². The molecule has 1 aliphatic rings. The number of amides is 2. The molecule has 0 spiro atoms. The van der Waals surface area contributed by atoms with Gasteiger partial charge in [0.2, 0.25) is 0 Å². The van der Waals surface area contributed by atoms with Gasteiger partial charge in [0.15, 0.2) is 0 Å². The average Bonchev–Trinajstić information content (AvgIpc) is 2.91. The first kappa shape index (κ1) is 17.9. The van der Waals surface area contributed by atoms with Crippen molar-refractivity contribution in [1.29, 1.82) is 0 Å². The van der Waals surface area contributed by atoms with Crippen LogP contribution in [-0.2, 0) is 16.0 Å². The third kappa shape index (κ3) is 3.25. The van der Waals surface area contributed by atoms with E-state index in [2.05, 4.69) is 6.92 Å². The number of carbonyl (C=O) groups excluding carboxylic acids is 3. The molecule has 3 rings (SSSR count). The lowest BCUT2D eigenvalue weighted by Crippen LogP contribution is -2.36. The van der Waals surface area contributed by atoms with E-state index >= 15 is 0 Å². The van der Waals surface area contributed by atoms with E-state index in [4.69, 9.17) is 4.74 Å². The number of esters is 1. The Kier molecular flexibility index (Phi) is 5.16. The van der Waals surface area contributed by atoms with Gasteiger partial charge in [-0.1, -0.05) is 49.7 Å². The monoisotopic (exact) mass is 351 g/mol. The number of benzene rings is 2. The van der Waals surface area contributed by atoms with E-state index in [0.717, 1.165) is 23.3 Å². The van der Waals surface area contributed by atoms with Gasteiger partial charge in [0, 0.05) is 6.54 Å². The Labute approximate surface area is 152 Å². The molecular formula is C21H21NO4. The zero-order chi connectivity index (χ0) is 18.7. The highest BCUT2D eigenvalue weighted by molar-refractivity contribution is 6.21. The number of nitrogens with zero attached hydrogens (tertiary/aromatic N) is 1. The number of carbonyl (C=O) groups is 3. The van der Waals surface area contributed by atoms with Crippen LogP contribution in [0.15, 0.2) is 48.5 Å². The van der Waals surface area contributed by atoms with Crippen LogP contribution in [0.5, 0.6) is 0 Å². The summed E-state index contributed by atoms with van der Waals surface area (Å²) < 4.78 is 4.91. The quantitative estimate of drug-likeness (QED) is 0.592. The van der Waals surface area contributed by atoms with E-state index < -0.39 is 11.9 Å². The first-order chi connectivity index (χ1) is 12.6. The number of hydrogen-bond acceptors (Lipinski definition) is 4. The zero-order valence-corrected chi connectivity index (χ0v) is 14.9. The lowest BCUT2D eigenvalue weighted by Gasteiger charge is -2.21. The van der Waals surface area contributed by atoms with Crippen LogP contribution in [0.4, 0.5) is 0 Å². The topological polar surface area (TPSA) is 63.7 Å². The molecule has 2 aromatic rings. The normalized spacial score (nSPS) is 14.3. The highest BCUT2D eigenvalue weighted by atomic mass is 16.5. The van der Waals surface area contributed by atoms with E-state index in [1.165, 1.54) is 12.7 Å². The molecule has 2 aromatic carbocycles. The first-order valence-corrected chi connectivity index (χ1v) is 8.68. The van der Waals surface area contributed by atoms with Gasteiger partial charge in [-0.2, -0.15) is 0 Å². The molecule has 0 N–H and O–H groups in total. The van der Waals surface area contributed by atoms with E-state index in [9.17, 15) is 14.4 Å². The van der Waals surface area contributed by atoms with Crippen molar-refractivity contribution in [3.05, 3.63) is 70.8 Å². The van der Waals surface area contributed by atoms with E-state index in [0.29, 0.717) is 11.1 Å². The molecule has 5 heteroatoms. The number of imide groups is 1. The maximum atomic E-state index is 12.6. The van der Waals surface area contributed by atoms with E-state index in [1.54, 1.807) is 24.3 Å². The molecule has 0 saturated heterocycles. The van der Waals surface area contributed by atoms with Crippen LogP contribution in [0.3, 0.4) is 0 Å². The predicted molar refractivity (Wildman–Crippen MR) is 97.0 cm³/mol. The second kappa shape index (κ2) is 7.52. The Balaban J connectivity index is 1.87. The summed E-state index contributed by atoms with van der Waals surface area (Å²) >= 11 is 0. The highest BCUT2D eigenvalue weighted by Gasteiger charge is 2.38. The summed E-state index contributed by atoms with van der Waals surface area (Å²) in [5.74, 6) is -1.92. The summed E-state index contributed by atoms with van der Waals surface area (Å²) in [7, 11) is 1.31. The van der Waals surface area contributed by atoms with Crippen molar-refractivity contribution in [2.45, 2.75) is 25.7 Å². The Morgan fingerprint density at radius 3 is 2.08 bits per heavy atom. The second-order valence-corrected chi connectivity index (χ2v) is 6.33. The van der Waals surface area contributed by atoms with Gasteiger partial charge in [-0.3, -0.25) is 19.3 Å². The molecular weight excluding hydrogens is 330 g/mol. The standard InChI is InChI=1S/C21H21NO4/c1-3-6-14-9-11-15(12-10-14)18(21(25)26-2)13-22-19(23)16-7-4-5-8-17(16)20(22)24/h4-5,7-12,18H,3,6,13H2,1-2H3. The van der Waals surface area contributed by atoms with Gasteiger partial charge in [-0.25, -0.2) is 0 Å². The fraction of sp³-hybridized carbons (Fsp3) is 0.286. The Morgan fingerprint density at radius 1 is 1.00 bits per heavy atom.